The Kier molecular flexibility index (Phi) is 4.88. The molecule has 3 aromatic rings. The highest BCUT2D eigenvalue weighted by molar-refractivity contribution is 8.00. The summed E-state index contributed by atoms with van der Waals surface area (Å²) < 4.78 is 10.9. The third-order valence-electron chi connectivity index (χ3n) is 8.21. The van der Waals surface area contributed by atoms with Gasteiger partial charge in [-0.25, -0.2) is 4.79 Å². The van der Waals surface area contributed by atoms with Crippen molar-refractivity contribution in [3.8, 4) is 0 Å². The van der Waals surface area contributed by atoms with Crippen molar-refractivity contribution < 1.29 is 23.5 Å². The van der Waals surface area contributed by atoms with E-state index >= 15 is 0 Å². The second-order valence-electron chi connectivity index (χ2n) is 9.76. The number of carbonyl (C=O) groups excluding carboxylic acids is 3. The molecule has 0 spiro atoms. The number of fused-ring (bicyclic) bond motifs is 9. The number of nitrogens with one attached hydrogen (secondary N) is 1. The average molecular weight is 523 g/mol. The number of imide groups is 1. The molecule has 8 nitrogen and oxygen atoms in total. The van der Waals surface area contributed by atoms with Gasteiger partial charge >= 0.3 is 10.8 Å². The first-order chi connectivity index (χ1) is 17.5. The Morgan fingerprint density at radius 2 is 1.86 bits per heavy atom. The minimum absolute atomic E-state index is 0.0261. The Hall–Kier alpha value is -3.11. The molecule has 10 heteroatoms. The van der Waals surface area contributed by atoms with Gasteiger partial charge in [0.1, 0.15) is 5.76 Å². The molecule has 1 saturated heterocycles. The van der Waals surface area contributed by atoms with Crippen LogP contribution in [0.25, 0.3) is 0 Å². The van der Waals surface area contributed by atoms with E-state index in [1.165, 1.54) is 16.2 Å². The maximum Gasteiger partial charge on any atom is 0.338 e. The number of esters is 1. The second kappa shape index (κ2) is 7.94. The first kappa shape index (κ1) is 22.1. The van der Waals surface area contributed by atoms with Crippen LogP contribution in [0, 0.1) is 29.6 Å². The molecule has 6 unspecified atom stereocenters. The lowest BCUT2D eigenvalue weighted by Gasteiger charge is -2.42. The Morgan fingerprint density at radius 3 is 2.56 bits per heavy atom. The summed E-state index contributed by atoms with van der Waals surface area (Å²) in [6.45, 7) is 2.01. The van der Waals surface area contributed by atoms with E-state index in [2.05, 4.69) is 4.98 Å². The topological polar surface area (TPSA) is 110 Å². The number of nitrogens with zero attached hydrogens (tertiary/aromatic N) is 1. The van der Waals surface area contributed by atoms with Crippen LogP contribution in [0.15, 0.2) is 56.9 Å². The van der Waals surface area contributed by atoms with E-state index in [0.717, 1.165) is 22.1 Å². The van der Waals surface area contributed by atoms with Crippen LogP contribution in [-0.4, -0.2) is 34.6 Å². The monoisotopic (exact) mass is 522 g/mol. The van der Waals surface area contributed by atoms with Crippen molar-refractivity contribution in [2.75, 3.05) is 11.5 Å². The molecular weight excluding hydrogens is 500 g/mol. The number of thiazole rings is 1. The van der Waals surface area contributed by atoms with Crippen LogP contribution in [0.5, 0.6) is 0 Å². The van der Waals surface area contributed by atoms with Crippen molar-refractivity contribution in [1.82, 2.24) is 4.98 Å². The summed E-state index contributed by atoms with van der Waals surface area (Å²) >= 11 is 2.86. The van der Waals surface area contributed by atoms with Gasteiger partial charge in [-0.2, -0.15) is 0 Å². The molecule has 36 heavy (non-hydrogen) atoms. The summed E-state index contributed by atoms with van der Waals surface area (Å²) in [6.07, 6.45) is 2.46. The minimum atomic E-state index is -0.436. The zero-order valence-electron chi connectivity index (χ0n) is 19.2. The van der Waals surface area contributed by atoms with Gasteiger partial charge in [-0.1, -0.05) is 11.3 Å². The van der Waals surface area contributed by atoms with Gasteiger partial charge < -0.3 is 14.1 Å². The fraction of sp³-hybridized carbons (Fsp3) is 0.385. The predicted molar refractivity (Wildman–Crippen MR) is 132 cm³/mol. The van der Waals surface area contributed by atoms with E-state index in [9.17, 15) is 19.2 Å². The van der Waals surface area contributed by atoms with Crippen LogP contribution in [-0.2, 0) is 14.3 Å². The van der Waals surface area contributed by atoms with Gasteiger partial charge in [0.2, 0.25) is 11.8 Å². The Balaban J connectivity index is 1.24. The van der Waals surface area contributed by atoms with Crippen LogP contribution < -0.4 is 9.77 Å². The van der Waals surface area contributed by atoms with Gasteiger partial charge in [-0.05, 0) is 67.5 Å². The Labute approximate surface area is 214 Å². The molecule has 0 radical (unpaired) electrons. The molecule has 2 amide bonds. The number of anilines is 1. The lowest BCUT2D eigenvalue weighted by atomic mass is 9.69. The number of ether oxygens (including phenoxy) is 1. The quantitative estimate of drug-likeness (QED) is 0.409. The third kappa shape index (κ3) is 2.94. The number of carbonyl (C=O) groups is 3. The van der Waals surface area contributed by atoms with E-state index < -0.39 is 5.97 Å². The van der Waals surface area contributed by atoms with Crippen molar-refractivity contribution in [2.24, 2.45) is 29.6 Å². The van der Waals surface area contributed by atoms with Crippen LogP contribution in [0.3, 0.4) is 0 Å². The fourth-order valence-corrected chi connectivity index (χ4v) is 9.89. The lowest BCUT2D eigenvalue weighted by Crippen LogP contribution is -2.42. The molecule has 4 heterocycles. The average Bonchev–Trinajstić information content (AvgIpc) is 3.67. The highest BCUT2D eigenvalue weighted by Crippen LogP contribution is 2.68. The molecule has 2 aromatic heterocycles. The normalized spacial score (nSPS) is 31.9. The summed E-state index contributed by atoms with van der Waals surface area (Å²) in [5, 5.41) is 0.979. The number of hydrogen-bond donors (Lipinski definition) is 1. The number of thioether (sulfide) groups is 1. The third-order valence-corrected chi connectivity index (χ3v) is 10.8. The lowest BCUT2D eigenvalue weighted by molar-refractivity contribution is -0.123. The minimum Gasteiger partial charge on any atom is -0.469 e. The molecule has 2 saturated carbocycles. The van der Waals surface area contributed by atoms with Gasteiger partial charge in [0.15, 0.2) is 0 Å². The van der Waals surface area contributed by atoms with Gasteiger partial charge in [0.05, 0.1) is 51.8 Å². The van der Waals surface area contributed by atoms with E-state index in [-0.39, 0.29) is 64.1 Å². The Bertz CT molecular complexity index is 1440. The van der Waals surface area contributed by atoms with E-state index in [1.807, 2.05) is 12.1 Å². The fourth-order valence-electron chi connectivity index (χ4n) is 7.02. The van der Waals surface area contributed by atoms with Crippen LogP contribution >= 0.6 is 23.1 Å². The summed E-state index contributed by atoms with van der Waals surface area (Å²) in [4.78, 5) is 56.9. The number of benzene rings is 1. The molecular formula is C26H22N2O6S2. The first-order valence-corrected chi connectivity index (χ1v) is 13.8. The van der Waals surface area contributed by atoms with Crippen molar-refractivity contribution in [2.45, 2.75) is 29.5 Å². The SMILES string of the molecule is CCOC(=O)c1ccc(N2C(=O)C3C4CC(C3C2=O)C2C4Sc3[nH]c(=O)sc3[C@@H]2c2ccco2)cc1. The maximum absolute atomic E-state index is 13.8. The number of hydrogen-bond acceptors (Lipinski definition) is 8. The molecule has 3 fully saturated rings. The number of rotatable bonds is 4. The van der Waals surface area contributed by atoms with E-state index in [1.54, 1.807) is 49.2 Å². The molecule has 2 aliphatic heterocycles. The van der Waals surface area contributed by atoms with E-state index in [4.69, 9.17) is 9.15 Å². The van der Waals surface area contributed by atoms with Crippen molar-refractivity contribution in [1.29, 1.82) is 0 Å². The molecule has 2 bridgehead atoms. The van der Waals surface area contributed by atoms with Crippen LogP contribution in [0.1, 0.15) is 40.3 Å². The standard InChI is InChI=1S/C26H22N2O6S2/c1-2-33-25(31)11-5-7-12(8-6-11)28-23(29)17-13-10-14(18(17)24(28)30)20-16(13)19(15-4-3-9-34-15)21-22(35-20)27-26(32)36-21/h3-9,13-14,16-20H,2,10H2,1H3,(H,27,32)/t13?,14?,16?,17?,18?,19-,20?/m1/s1. The number of aromatic amines is 1. The van der Waals surface area contributed by atoms with E-state index in [0.29, 0.717) is 11.3 Å². The molecule has 7 rings (SSSR count). The second-order valence-corrected chi connectivity index (χ2v) is 12.0. The number of aromatic nitrogens is 1. The van der Waals surface area contributed by atoms with Gasteiger partial charge in [0.25, 0.3) is 0 Å². The summed E-state index contributed by atoms with van der Waals surface area (Å²) in [6, 6.07) is 10.2. The molecule has 184 valence electrons. The number of amides is 2. The smallest absolute Gasteiger partial charge is 0.338 e. The zero-order valence-corrected chi connectivity index (χ0v) is 20.8. The Morgan fingerprint density at radius 1 is 1.11 bits per heavy atom. The van der Waals surface area contributed by atoms with Crippen molar-refractivity contribution in [3.05, 3.63) is 68.5 Å². The molecule has 1 aromatic carbocycles. The summed E-state index contributed by atoms with van der Waals surface area (Å²) in [5.74, 6) is -0.661. The van der Waals surface area contributed by atoms with Gasteiger partial charge in [-0.15, -0.1) is 11.8 Å². The van der Waals surface area contributed by atoms with Gasteiger partial charge in [-0.3, -0.25) is 19.3 Å². The number of furan rings is 1. The van der Waals surface area contributed by atoms with Gasteiger partial charge in [0, 0.05) is 5.25 Å². The predicted octanol–water partition coefficient (Wildman–Crippen LogP) is 3.88. The molecule has 1 N–H and O–H groups in total. The maximum atomic E-state index is 13.8. The van der Waals surface area contributed by atoms with Crippen LogP contribution in [0.2, 0.25) is 0 Å². The highest BCUT2D eigenvalue weighted by atomic mass is 32.2. The number of H-pyrrole nitrogens is 1. The zero-order chi connectivity index (χ0) is 24.7. The molecule has 2 aliphatic carbocycles. The van der Waals surface area contributed by atoms with Crippen LogP contribution in [0.4, 0.5) is 5.69 Å². The molecule has 7 atom stereocenters. The van der Waals surface area contributed by atoms with Crippen molar-refractivity contribution >= 4 is 46.6 Å². The summed E-state index contributed by atoms with van der Waals surface area (Å²) in [5.41, 5.74) is 0.859. The first-order valence-electron chi connectivity index (χ1n) is 12.1. The van der Waals surface area contributed by atoms with Crippen molar-refractivity contribution in [3.63, 3.8) is 0 Å². The highest BCUT2D eigenvalue weighted by Gasteiger charge is 2.70. The molecule has 4 aliphatic rings. The summed E-state index contributed by atoms with van der Waals surface area (Å²) in [7, 11) is 0. The largest absolute Gasteiger partial charge is 0.469 e.